The number of hydrogen-bond donors (Lipinski definition) is 1. The second kappa shape index (κ2) is 5.89. The van der Waals surface area contributed by atoms with E-state index in [0.29, 0.717) is 0 Å². The maximum atomic E-state index is 4.34. The van der Waals surface area contributed by atoms with Gasteiger partial charge < -0.3 is 10.2 Å². The zero-order valence-corrected chi connectivity index (χ0v) is 10.9. The lowest BCUT2D eigenvalue weighted by atomic mass is 10.2. The highest BCUT2D eigenvalue weighted by Crippen LogP contribution is 2.28. The van der Waals surface area contributed by atoms with Crippen LogP contribution in [0.15, 0.2) is 18.5 Å². The van der Waals surface area contributed by atoms with Crippen LogP contribution in [0.5, 0.6) is 0 Å². The topological polar surface area (TPSA) is 28.2 Å². The Labute approximate surface area is 104 Å². The van der Waals surface area contributed by atoms with Crippen molar-refractivity contribution in [3.05, 3.63) is 18.5 Å². The average Bonchev–Trinajstić information content (AvgIpc) is 2.85. The SMILES string of the molecule is CCNc1cncc(N(CC)C2CCCC2)c1. The fourth-order valence-electron chi connectivity index (χ4n) is 2.75. The Morgan fingerprint density at radius 1 is 1.29 bits per heavy atom. The first-order valence-corrected chi connectivity index (χ1v) is 6.80. The minimum atomic E-state index is 0.721. The van der Waals surface area contributed by atoms with Gasteiger partial charge >= 0.3 is 0 Å². The van der Waals surface area contributed by atoms with Crippen molar-refractivity contribution in [2.24, 2.45) is 0 Å². The molecule has 1 heterocycles. The summed E-state index contributed by atoms with van der Waals surface area (Å²) < 4.78 is 0. The lowest BCUT2D eigenvalue weighted by molar-refractivity contribution is 0.619. The van der Waals surface area contributed by atoms with Gasteiger partial charge in [0.15, 0.2) is 0 Å². The van der Waals surface area contributed by atoms with E-state index in [1.807, 2.05) is 12.4 Å². The van der Waals surface area contributed by atoms with Crippen LogP contribution in [0.4, 0.5) is 11.4 Å². The highest BCUT2D eigenvalue weighted by molar-refractivity contribution is 5.56. The first-order valence-electron chi connectivity index (χ1n) is 6.80. The lowest BCUT2D eigenvalue weighted by Crippen LogP contribution is -2.33. The van der Waals surface area contributed by atoms with E-state index in [1.54, 1.807) is 0 Å². The number of aromatic nitrogens is 1. The van der Waals surface area contributed by atoms with Crippen molar-refractivity contribution in [3.63, 3.8) is 0 Å². The molecule has 0 saturated heterocycles. The van der Waals surface area contributed by atoms with Crippen LogP contribution in [0.2, 0.25) is 0 Å². The Morgan fingerprint density at radius 3 is 2.71 bits per heavy atom. The predicted molar refractivity (Wildman–Crippen MR) is 73.7 cm³/mol. The van der Waals surface area contributed by atoms with Gasteiger partial charge in [-0.15, -0.1) is 0 Å². The van der Waals surface area contributed by atoms with Gasteiger partial charge in [-0.2, -0.15) is 0 Å². The molecule has 2 rings (SSSR count). The first kappa shape index (κ1) is 12.2. The molecule has 0 spiro atoms. The number of anilines is 2. The van der Waals surface area contributed by atoms with Gasteiger partial charge in [-0.25, -0.2) is 0 Å². The summed E-state index contributed by atoms with van der Waals surface area (Å²) in [4.78, 5) is 6.84. The van der Waals surface area contributed by atoms with E-state index in [4.69, 9.17) is 0 Å². The zero-order valence-electron chi connectivity index (χ0n) is 10.9. The normalized spacial score (nSPS) is 16.1. The quantitative estimate of drug-likeness (QED) is 0.846. The molecular formula is C14H23N3. The van der Waals surface area contributed by atoms with Crippen molar-refractivity contribution in [1.82, 2.24) is 4.98 Å². The van der Waals surface area contributed by atoms with E-state index in [0.717, 1.165) is 24.8 Å². The molecule has 1 N–H and O–H groups in total. The first-order chi connectivity index (χ1) is 8.35. The molecular weight excluding hydrogens is 210 g/mol. The van der Waals surface area contributed by atoms with Gasteiger partial charge in [-0.1, -0.05) is 12.8 Å². The maximum Gasteiger partial charge on any atom is 0.0575 e. The lowest BCUT2D eigenvalue weighted by Gasteiger charge is -2.29. The van der Waals surface area contributed by atoms with Gasteiger partial charge in [-0.05, 0) is 32.8 Å². The highest BCUT2D eigenvalue weighted by Gasteiger charge is 2.21. The molecule has 1 fully saturated rings. The van der Waals surface area contributed by atoms with Crippen LogP contribution in [0, 0.1) is 0 Å². The van der Waals surface area contributed by atoms with E-state index in [2.05, 4.69) is 35.1 Å². The van der Waals surface area contributed by atoms with Gasteiger partial charge in [0.25, 0.3) is 0 Å². The smallest absolute Gasteiger partial charge is 0.0575 e. The van der Waals surface area contributed by atoms with Gasteiger partial charge in [0.1, 0.15) is 0 Å². The molecule has 0 bridgehead atoms. The van der Waals surface area contributed by atoms with Crippen LogP contribution in [0.1, 0.15) is 39.5 Å². The third-order valence-corrected chi connectivity index (χ3v) is 3.54. The molecule has 17 heavy (non-hydrogen) atoms. The summed E-state index contributed by atoms with van der Waals surface area (Å²) in [5, 5.41) is 3.33. The number of hydrogen-bond acceptors (Lipinski definition) is 3. The van der Waals surface area contributed by atoms with Gasteiger partial charge in [0.05, 0.1) is 23.8 Å². The van der Waals surface area contributed by atoms with Crippen molar-refractivity contribution in [1.29, 1.82) is 0 Å². The standard InChI is InChI=1S/C14H23N3/c1-3-16-12-9-14(11-15-10-12)17(4-2)13-7-5-6-8-13/h9-11,13,16H,3-8H2,1-2H3. The van der Waals surface area contributed by atoms with Crippen molar-refractivity contribution >= 4 is 11.4 Å². The van der Waals surface area contributed by atoms with E-state index in [1.165, 1.54) is 31.4 Å². The Morgan fingerprint density at radius 2 is 2.06 bits per heavy atom. The molecule has 0 radical (unpaired) electrons. The minimum absolute atomic E-state index is 0.721. The summed E-state index contributed by atoms with van der Waals surface area (Å²) in [5.41, 5.74) is 2.39. The Hall–Kier alpha value is -1.25. The van der Waals surface area contributed by atoms with Crippen LogP contribution in [-0.2, 0) is 0 Å². The van der Waals surface area contributed by atoms with Gasteiger partial charge in [0.2, 0.25) is 0 Å². The molecule has 1 aliphatic rings. The molecule has 94 valence electrons. The maximum absolute atomic E-state index is 4.34. The average molecular weight is 233 g/mol. The number of nitrogens with one attached hydrogen (secondary N) is 1. The molecule has 3 heteroatoms. The van der Waals surface area contributed by atoms with Crippen LogP contribution >= 0.6 is 0 Å². The van der Waals surface area contributed by atoms with E-state index in [9.17, 15) is 0 Å². The molecule has 3 nitrogen and oxygen atoms in total. The molecule has 0 aliphatic heterocycles. The number of nitrogens with zero attached hydrogens (tertiary/aromatic N) is 2. The largest absolute Gasteiger partial charge is 0.384 e. The second-order valence-corrected chi connectivity index (χ2v) is 4.69. The number of pyridine rings is 1. The molecule has 1 saturated carbocycles. The predicted octanol–water partition coefficient (Wildman–Crippen LogP) is 3.28. The highest BCUT2D eigenvalue weighted by atomic mass is 15.2. The fraction of sp³-hybridized carbons (Fsp3) is 0.643. The van der Waals surface area contributed by atoms with Crippen molar-refractivity contribution in [2.75, 3.05) is 23.3 Å². The van der Waals surface area contributed by atoms with E-state index < -0.39 is 0 Å². The van der Waals surface area contributed by atoms with E-state index in [-0.39, 0.29) is 0 Å². The third kappa shape index (κ3) is 2.90. The Kier molecular flexibility index (Phi) is 4.24. The zero-order chi connectivity index (χ0) is 12.1. The van der Waals surface area contributed by atoms with Crippen LogP contribution in [0.3, 0.4) is 0 Å². The van der Waals surface area contributed by atoms with E-state index >= 15 is 0 Å². The Balaban J connectivity index is 2.14. The molecule has 0 aromatic carbocycles. The molecule has 0 unspecified atom stereocenters. The summed E-state index contributed by atoms with van der Waals surface area (Å²) in [5.74, 6) is 0. The van der Waals surface area contributed by atoms with Gasteiger partial charge in [-0.3, -0.25) is 4.98 Å². The summed E-state index contributed by atoms with van der Waals surface area (Å²) in [6.07, 6.45) is 9.31. The van der Waals surface area contributed by atoms with Crippen molar-refractivity contribution in [3.8, 4) is 0 Å². The van der Waals surface area contributed by atoms with Crippen LogP contribution in [0.25, 0.3) is 0 Å². The van der Waals surface area contributed by atoms with Crippen LogP contribution < -0.4 is 10.2 Å². The summed E-state index contributed by atoms with van der Waals surface area (Å²) in [7, 11) is 0. The molecule has 1 aromatic heterocycles. The second-order valence-electron chi connectivity index (χ2n) is 4.69. The molecule has 0 atom stereocenters. The third-order valence-electron chi connectivity index (χ3n) is 3.54. The van der Waals surface area contributed by atoms with Crippen molar-refractivity contribution in [2.45, 2.75) is 45.6 Å². The molecule has 0 amide bonds. The summed E-state index contributed by atoms with van der Waals surface area (Å²) in [6.45, 7) is 6.36. The summed E-state index contributed by atoms with van der Waals surface area (Å²) in [6, 6.07) is 2.94. The Bertz CT molecular complexity index is 345. The van der Waals surface area contributed by atoms with Crippen LogP contribution in [-0.4, -0.2) is 24.1 Å². The van der Waals surface area contributed by atoms with Crippen molar-refractivity contribution < 1.29 is 0 Å². The molecule has 1 aromatic rings. The monoisotopic (exact) mass is 233 g/mol. The minimum Gasteiger partial charge on any atom is -0.384 e. The number of rotatable bonds is 5. The van der Waals surface area contributed by atoms with Gasteiger partial charge in [0, 0.05) is 19.1 Å². The molecule has 1 aliphatic carbocycles. The fourth-order valence-corrected chi connectivity index (χ4v) is 2.75. The summed E-state index contributed by atoms with van der Waals surface area (Å²) >= 11 is 0.